The minimum absolute atomic E-state index is 0.241. The Balaban J connectivity index is 1.60. The van der Waals surface area contributed by atoms with Gasteiger partial charge in [0.2, 0.25) is 5.89 Å². The van der Waals surface area contributed by atoms with Crippen molar-refractivity contribution in [3.8, 4) is 0 Å². The highest BCUT2D eigenvalue weighted by molar-refractivity contribution is 5.72. The van der Waals surface area contributed by atoms with Gasteiger partial charge in [-0.3, -0.25) is 9.80 Å². The van der Waals surface area contributed by atoms with E-state index in [1.54, 1.807) is 0 Å². The molecule has 1 aliphatic heterocycles. The number of nitrogens with zero attached hydrogens (tertiary/aromatic N) is 3. The number of oxazole rings is 1. The van der Waals surface area contributed by atoms with Gasteiger partial charge in [-0.1, -0.05) is 12.1 Å². The second kappa shape index (κ2) is 5.69. The van der Waals surface area contributed by atoms with E-state index in [-0.39, 0.29) is 6.61 Å². The highest BCUT2D eigenvalue weighted by atomic mass is 16.3. The average molecular weight is 261 g/mol. The Morgan fingerprint density at radius 2 is 1.84 bits per heavy atom. The number of aliphatic hydroxyl groups excluding tert-OH is 1. The van der Waals surface area contributed by atoms with Crippen LogP contribution in [0.25, 0.3) is 11.1 Å². The number of hydrogen-bond acceptors (Lipinski definition) is 5. The summed E-state index contributed by atoms with van der Waals surface area (Å²) in [5.74, 6) is 0.789. The molecule has 0 saturated carbocycles. The molecular formula is C14H19N3O2. The van der Waals surface area contributed by atoms with Crippen LogP contribution in [0.4, 0.5) is 0 Å². The number of benzene rings is 1. The van der Waals surface area contributed by atoms with Gasteiger partial charge in [0, 0.05) is 32.7 Å². The molecule has 0 aliphatic carbocycles. The van der Waals surface area contributed by atoms with Crippen LogP contribution in [-0.2, 0) is 6.54 Å². The maximum absolute atomic E-state index is 8.92. The first-order valence-electron chi connectivity index (χ1n) is 6.75. The zero-order valence-electron chi connectivity index (χ0n) is 11.0. The Bertz CT molecular complexity index is 499. The molecule has 5 heteroatoms. The van der Waals surface area contributed by atoms with Crippen molar-refractivity contribution < 1.29 is 9.52 Å². The zero-order valence-corrected chi connectivity index (χ0v) is 11.0. The lowest BCUT2D eigenvalue weighted by atomic mass is 10.3. The molecule has 0 unspecified atom stereocenters. The molecule has 102 valence electrons. The SMILES string of the molecule is OCCN1CCN(Cc2nc3ccccc3o2)CC1. The van der Waals surface area contributed by atoms with Crippen LogP contribution in [0.3, 0.4) is 0 Å². The molecule has 1 aromatic carbocycles. The van der Waals surface area contributed by atoms with E-state index in [4.69, 9.17) is 9.52 Å². The lowest BCUT2D eigenvalue weighted by Gasteiger charge is -2.33. The Hall–Kier alpha value is -1.43. The van der Waals surface area contributed by atoms with E-state index in [0.717, 1.165) is 56.3 Å². The summed E-state index contributed by atoms with van der Waals surface area (Å²) in [5, 5.41) is 8.92. The molecule has 1 aliphatic rings. The summed E-state index contributed by atoms with van der Waals surface area (Å²) < 4.78 is 5.74. The fourth-order valence-electron chi connectivity index (χ4n) is 2.49. The third-order valence-corrected chi connectivity index (χ3v) is 3.58. The summed E-state index contributed by atoms with van der Waals surface area (Å²) in [7, 11) is 0. The van der Waals surface area contributed by atoms with Crippen LogP contribution < -0.4 is 0 Å². The van der Waals surface area contributed by atoms with Crippen LogP contribution in [0.2, 0.25) is 0 Å². The number of piperazine rings is 1. The average Bonchev–Trinajstić information content (AvgIpc) is 2.83. The van der Waals surface area contributed by atoms with Crippen molar-refractivity contribution in [3.05, 3.63) is 30.2 Å². The number of para-hydroxylation sites is 2. The minimum atomic E-state index is 0.241. The van der Waals surface area contributed by atoms with E-state index in [1.807, 2.05) is 24.3 Å². The monoisotopic (exact) mass is 261 g/mol. The van der Waals surface area contributed by atoms with Gasteiger partial charge in [0.05, 0.1) is 13.2 Å². The smallest absolute Gasteiger partial charge is 0.209 e. The number of aliphatic hydroxyl groups is 1. The van der Waals surface area contributed by atoms with Crippen molar-refractivity contribution in [1.82, 2.24) is 14.8 Å². The van der Waals surface area contributed by atoms with Crippen molar-refractivity contribution in [2.24, 2.45) is 0 Å². The van der Waals surface area contributed by atoms with Gasteiger partial charge in [-0.15, -0.1) is 0 Å². The largest absolute Gasteiger partial charge is 0.439 e. The maximum Gasteiger partial charge on any atom is 0.209 e. The van der Waals surface area contributed by atoms with Gasteiger partial charge in [-0.25, -0.2) is 4.98 Å². The number of aromatic nitrogens is 1. The van der Waals surface area contributed by atoms with Gasteiger partial charge in [0.25, 0.3) is 0 Å². The summed E-state index contributed by atoms with van der Waals surface area (Å²) in [6.45, 7) is 5.78. The van der Waals surface area contributed by atoms with Gasteiger partial charge in [0.15, 0.2) is 5.58 Å². The molecule has 0 radical (unpaired) electrons. The van der Waals surface area contributed by atoms with Crippen molar-refractivity contribution in [2.75, 3.05) is 39.3 Å². The quantitative estimate of drug-likeness (QED) is 0.887. The second-order valence-electron chi connectivity index (χ2n) is 4.92. The van der Waals surface area contributed by atoms with E-state index in [0.29, 0.717) is 0 Å². The highest BCUT2D eigenvalue weighted by Crippen LogP contribution is 2.16. The predicted octanol–water partition coefficient (Wildman–Crippen LogP) is 0.938. The Labute approximate surface area is 112 Å². The molecular weight excluding hydrogens is 242 g/mol. The van der Waals surface area contributed by atoms with Crippen molar-refractivity contribution >= 4 is 11.1 Å². The fraction of sp³-hybridized carbons (Fsp3) is 0.500. The molecule has 0 spiro atoms. The predicted molar refractivity (Wildman–Crippen MR) is 72.8 cm³/mol. The highest BCUT2D eigenvalue weighted by Gasteiger charge is 2.18. The molecule has 3 rings (SSSR count). The normalized spacial score (nSPS) is 18.2. The van der Waals surface area contributed by atoms with E-state index in [9.17, 15) is 0 Å². The minimum Gasteiger partial charge on any atom is -0.439 e. The van der Waals surface area contributed by atoms with Gasteiger partial charge in [0.1, 0.15) is 5.52 Å². The molecule has 19 heavy (non-hydrogen) atoms. The van der Waals surface area contributed by atoms with Crippen molar-refractivity contribution in [1.29, 1.82) is 0 Å². The molecule has 0 atom stereocenters. The van der Waals surface area contributed by atoms with Crippen LogP contribution in [0, 0.1) is 0 Å². The van der Waals surface area contributed by atoms with Gasteiger partial charge >= 0.3 is 0 Å². The van der Waals surface area contributed by atoms with Crippen LogP contribution in [-0.4, -0.2) is 59.2 Å². The number of fused-ring (bicyclic) bond motifs is 1. The molecule has 1 fully saturated rings. The van der Waals surface area contributed by atoms with Gasteiger partial charge in [-0.2, -0.15) is 0 Å². The summed E-state index contributed by atoms with van der Waals surface area (Å²) in [4.78, 5) is 9.13. The third-order valence-electron chi connectivity index (χ3n) is 3.58. The Morgan fingerprint density at radius 3 is 2.58 bits per heavy atom. The van der Waals surface area contributed by atoms with Gasteiger partial charge in [-0.05, 0) is 12.1 Å². The van der Waals surface area contributed by atoms with Crippen LogP contribution in [0.5, 0.6) is 0 Å². The standard InChI is InChI=1S/C14H19N3O2/c18-10-9-16-5-7-17(8-6-16)11-14-15-12-3-1-2-4-13(12)19-14/h1-4,18H,5-11H2. The molecule has 0 amide bonds. The van der Waals surface area contributed by atoms with Crippen LogP contribution in [0.1, 0.15) is 5.89 Å². The van der Waals surface area contributed by atoms with Crippen molar-refractivity contribution in [3.63, 3.8) is 0 Å². The molecule has 1 saturated heterocycles. The molecule has 5 nitrogen and oxygen atoms in total. The first-order chi connectivity index (χ1) is 9.35. The third kappa shape index (κ3) is 2.94. The second-order valence-corrected chi connectivity index (χ2v) is 4.92. The molecule has 1 N–H and O–H groups in total. The molecule has 0 bridgehead atoms. The molecule has 2 aromatic rings. The summed E-state index contributed by atoms with van der Waals surface area (Å²) in [6, 6.07) is 7.86. The topological polar surface area (TPSA) is 52.7 Å². The molecule has 1 aromatic heterocycles. The van der Waals surface area contributed by atoms with E-state index < -0.39 is 0 Å². The summed E-state index contributed by atoms with van der Waals surface area (Å²) in [6.07, 6.45) is 0. The lowest BCUT2D eigenvalue weighted by molar-refractivity contribution is 0.103. The zero-order chi connectivity index (χ0) is 13.1. The fourth-order valence-corrected chi connectivity index (χ4v) is 2.49. The number of rotatable bonds is 4. The van der Waals surface area contributed by atoms with E-state index in [1.165, 1.54) is 0 Å². The number of hydrogen-bond donors (Lipinski definition) is 1. The summed E-state index contributed by atoms with van der Waals surface area (Å²) >= 11 is 0. The molecule has 2 heterocycles. The van der Waals surface area contributed by atoms with Gasteiger partial charge < -0.3 is 9.52 Å². The first-order valence-corrected chi connectivity index (χ1v) is 6.75. The van der Waals surface area contributed by atoms with E-state index >= 15 is 0 Å². The van der Waals surface area contributed by atoms with Crippen LogP contribution in [0.15, 0.2) is 28.7 Å². The van der Waals surface area contributed by atoms with Crippen molar-refractivity contribution in [2.45, 2.75) is 6.54 Å². The van der Waals surface area contributed by atoms with Crippen LogP contribution >= 0.6 is 0 Å². The summed E-state index contributed by atoms with van der Waals surface area (Å²) in [5.41, 5.74) is 1.79. The van der Waals surface area contributed by atoms with E-state index in [2.05, 4.69) is 14.8 Å². The first kappa shape index (κ1) is 12.6. The Morgan fingerprint density at radius 1 is 1.11 bits per heavy atom. The maximum atomic E-state index is 8.92. The Kier molecular flexibility index (Phi) is 3.77. The number of β-amino-alcohol motifs (C(OH)–C–C–N with tert-alkyl or cyclic N) is 1. The lowest BCUT2D eigenvalue weighted by Crippen LogP contribution is -2.46.